The Morgan fingerprint density at radius 2 is 2.24 bits per heavy atom. The molecule has 0 amide bonds. The highest BCUT2D eigenvalue weighted by atomic mass is 16.7. The molecule has 2 aliphatic heterocycles. The van der Waals surface area contributed by atoms with Gasteiger partial charge >= 0.3 is 0 Å². The van der Waals surface area contributed by atoms with Crippen LogP contribution in [0.15, 0.2) is 0 Å². The van der Waals surface area contributed by atoms with E-state index >= 15 is 0 Å². The summed E-state index contributed by atoms with van der Waals surface area (Å²) in [5, 5.41) is 9.48. The molecule has 2 fully saturated rings. The summed E-state index contributed by atoms with van der Waals surface area (Å²) in [7, 11) is 1.58. The second-order valence-electron chi connectivity index (χ2n) is 4.97. The van der Waals surface area contributed by atoms with E-state index in [1.54, 1.807) is 7.11 Å². The van der Waals surface area contributed by atoms with Gasteiger partial charge in [-0.3, -0.25) is 0 Å². The molecule has 0 aromatic rings. The van der Waals surface area contributed by atoms with E-state index in [1.165, 1.54) is 0 Å². The Balaban J connectivity index is 2.27. The lowest BCUT2D eigenvalue weighted by Crippen LogP contribution is -2.69. The predicted molar refractivity (Wildman–Crippen MR) is 60.9 cm³/mol. The third kappa shape index (κ3) is 1.89. The maximum Gasteiger partial charge on any atom is 0.194 e. The molecule has 2 heterocycles. The van der Waals surface area contributed by atoms with E-state index in [1.807, 2.05) is 6.92 Å². The van der Waals surface area contributed by atoms with E-state index < -0.39 is 17.6 Å². The van der Waals surface area contributed by atoms with Gasteiger partial charge in [-0.2, -0.15) is 0 Å². The van der Waals surface area contributed by atoms with E-state index in [0.29, 0.717) is 13.0 Å². The first-order chi connectivity index (χ1) is 8.01. The molecule has 2 rings (SSSR count). The minimum Gasteiger partial charge on any atom is -0.391 e. The van der Waals surface area contributed by atoms with Gasteiger partial charge in [-0.05, 0) is 6.42 Å². The Bertz CT molecular complexity index is 291. The van der Waals surface area contributed by atoms with Crippen LogP contribution in [0.3, 0.4) is 0 Å². The SMILES string of the molecule is CCC1CC2(CO)OC(COC)C(N)C1(N)O2. The zero-order valence-electron chi connectivity index (χ0n) is 10.4. The quantitative estimate of drug-likeness (QED) is 0.597. The van der Waals surface area contributed by atoms with Gasteiger partial charge in [-0.1, -0.05) is 6.92 Å². The Kier molecular flexibility index (Phi) is 3.46. The molecule has 0 radical (unpaired) electrons. The summed E-state index contributed by atoms with van der Waals surface area (Å²) in [4.78, 5) is 0. The number of nitrogens with two attached hydrogens (primary N) is 2. The minimum atomic E-state index is -1.01. The van der Waals surface area contributed by atoms with Crippen LogP contribution in [0.25, 0.3) is 0 Å². The number of fused-ring (bicyclic) bond motifs is 2. The Morgan fingerprint density at radius 3 is 2.76 bits per heavy atom. The van der Waals surface area contributed by atoms with E-state index in [0.717, 1.165) is 6.42 Å². The van der Waals surface area contributed by atoms with E-state index in [4.69, 9.17) is 25.7 Å². The molecule has 6 nitrogen and oxygen atoms in total. The average Bonchev–Trinajstić information content (AvgIpc) is 2.58. The topological polar surface area (TPSA) is 100.0 Å². The summed E-state index contributed by atoms with van der Waals surface area (Å²) in [6.45, 7) is 2.17. The standard InChI is InChI=1S/C11H22N2O4/c1-3-7-4-10(6-14)16-8(5-15-2)9(12)11(7,13)17-10/h7-9,14H,3-6,12-13H2,1-2H3. The van der Waals surface area contributed by atoms with Crippen molar-refractivity contribution in [2.75, 3.05) is 20.3 Å². The Labute approximate surface area is 101 Å². The zero-order chi connectivity index (χ0) is 12.7. The molecule has 2 saturated heterocycles. The first-order valence-electron chi connectivity index (χ1n) is 6.03. The average molecular weight is 246 g/mol. The molecule has 0 aromatic carbocycles. The van der Waals surface area contributed by atoms with Gasteiger partial charge < -0.3 is 30.8 Å². The third-order valence-electron chi connectivity index (χ3n) is 3.91. The summed E-state index contributed by atoms with van der Waals surface area (Å²) in [5.74, 6) is -0.916. The number of rotatable bonds is 4. The number of aliphatic hydroxyl groups is 1. The molecule has 0 spiro atoms. The maximum absolute atomic E-state index is 9.48. The fraction of sp³-hybridized carbons (Fsp3) is 1.00. The lowest BCUT2D eigenvalue weighted by atomic mass is 9.85. The van der Waals surface area contributed by atoms with Crippen molar-refractivity contribution in [2.45, 2.75) is 43.4 Å². The summed E-state index contributed by atoms with van der Waals surface area (Å²) in [6.07, 6.45) is 1.07. The molecule has 0 aromatic heterocycles. The van der Waals surface area contributed by atoms with Gasteiger partial charge in [0.15, 0.2) is 5.79 Å². The lowest BCUT2D eigenvalue weighted by molar-refractivity contribution is -0.336. The first kappa shape index (κ1) is 13.2. The van der Waals surface area contributed by atoms with Crippen LogP contribution in [0.2, 0.25) is 0 Å². The van der Waals surface area contributed by atoms with Crippen molar-refractivity contribution in [1.29, 1.82) is 0 Å². The van der Waals surface area contributed by atoms with Crippen LogP contribution in [0, 0.1) is 5.92 Å². The van der Waals surface area contributed by atoms with Gasteiger partial charge in [0.25, 0.3) is 0 Å². The van der Waals surface area contributed by atoms with Gasteiger partial charge in [0.2, 0.25) is 0 Å². The van der Waals surface area contributed by atoms with Crippen molar-refractivity contribution >= 4 is 0 Å². The summed E-state index contributed by atoms with van der Waals surface area (Å²) >= 11 is 0. The lowest BCUT2D eigenvalue weighted by Gasteiger charge is -2.46. The van der Waals surface area contributed by atoms with Crippen LogP contribution >= 0.6 is 0 Å². The highest BCUT2D eigenvalue weighted by molar-refractivity contribution is 5.07. The molecular formula is C11H22N2O4. The normalized spacial score (nSPS) is 49.6. The summed E-state index contributed by atoms with van der Waals surface area (Å²) in [5.41, 5.74) is 11.5. The second-order valence-corrected chi connectivity index (χ2v) is 4.97. The fourth-order valence-corrected chi connectivity index (χ4v) is 2.93. The van der Waals surface area contributed by atoms with Crippen molar-refractivity contribution in [3.05, 3.63) is 0 Å². The van der Waals surface area contributed by atoms with Crippen molar-refractivity contribution in [3.63, 3.8) is 0 Å². The highest BCUT2D eigenvalue weighted by Gasteiger charge is 2.63. The van der Waals surface area contributed by atoms with Crippen LogP contribution in [-0.4, -0.2) is 49.1 Å². The Morgan fingerprint density at radius 1 is 1.53 bits per heavy atom. The molecule has 17 heavy (non-hydrogen) atoms. The van der Waals surface area contributed by atoms with Gasteiger partial charge in [-0.15, -0.1) is 0 Å². The molecule has 0 aliphatic carbocycles. The third-order valence-corrected chi connectivity index (χ3v) is 3.91. The minimum absolute atomic E-state index is 0.0894. The van der Waals surface area contributed by atoms with Crippen molar-refractivity contribution < 1.29 is 19.3 Å². The van der Waals surface area contributed by atoms with Crippen LogP contribution in [-0.2, 0) is 14.2 Å². The zero-order valence-corrected chi connectivity index (χ0v) is 10.4. The van der Waals surface area contributed by atoms with Gasteiger partial charge in [0.05, 0.1) is 19.3 Å². The smallest absolute Gasteiger partial charge is 0.194 e. The summed E-state index contributed by atoms with van der Waals surface area (Å²) < 4.78 is 16.6. The van der Waals surface area contributed by atoms with Crippen molar-refractivity contribution in [1.82, 2.24) is 0 Å². The fourth-order valence-electron chi connectivity index (χ4n) is 2.93. The number of hydrogen-bond donors (Lipinski definition) is 3. The molecular weight excluding hydrogens is 224 g/mol. The van der Waals surface area contributed by atoms with Gasteiger partial charge in [0.1, 0.15) is 11.8 Å². The van der Waals surface area contributed by atoms with Crippen LogP contribution in [0.1, 0.15) is 19.8 Å². The molecule has 5 unspecified atom stereocenters. The van der Waals surface area contributed by atoms with Crippen LogP contribution < -0.4 is 11.5 Å². The van der Waals surface area contributed by atoms with E-state index in [-0.39, 0.29) is 18.6 Å². The van der Waals surface area contributed by atoms with Crippen LogP contribution in [0.4, 0.5) is 0 Å². The van der Waals surface area contributed by atoms with Crippen molar-refractivity contribution in [2.24, 2.45) is 17.4 Å². The molecule has 6 heteroatoms. The Hall–Kier alpha value is -0.240. The molecule has 5 N–H and O–H groups in total. The van der Waals surface area contributed by atoms with Crippen LogP contribution in [0.5, 0.6) is 0 Å². The number of aliphatic hydroxyl groups excluding tert-OH is 1. The molecule has 2 aliphatic rings. The largest absolute Gasteiger partial charge is 0.391 e. The van der Waals surface area contributed by atoms with Crippen molar-refractivity contribution in [3.8, 4) is 0 Å². The molecule has 100 valence electrons. The molecule has 2 bridgehead atoms. The number of ether oxygens (including phenoxy) is 3. The second kappa shape index (κ2) is 4.46. The highest BCUT2D eigenvalue weighted by Crippen LogP contribution is 2.48. The first-order valence-corrected chi connectivity index (χ1v) is 6.03. The van der Waals surface area contributed by atoms with Gasteiger partial charge in [0, 0.05) is 19.4 Å². The van der Waals surface area contributed by atoms with E-state index in [2.05, 4.69) is 0 Å². The van der Waals surface area contributed by atoms with Gasteiger partial charge in [-0.25, -0.2) is 0 Å². The monoisotopic (exact) mass is 246 g/mol. The molecule has 5 atom stereocenters. The number of methoxy groups -OCH3 is 1. The van der Waals surface area contributed by atoms with E-state index in [9.17, 15) is 5.11 Å². The summed E-state index contributed by atoms with van der Waals surface area (Å²) in [6, 6.07) is -0.449. The number of hydrogen-bond acceptors (Lipinski definition) is 6. The maximum atomic E-state index is 9.48. The predicted octanol–water partition coefficient (Wildman–Crippen LogP) is -0.851. The molecule has 0 saturated carbocycles.